The van der Waals surface area contributed by atoms with Gasteiger partial charge in [-0.15, -0.1) is 0 Å². The lowest BCUT2D eigenvalue weighted by Gasteiger charge is -2.09. The highest BCUT2D eigenvalue weighted by Gasteiger charge is 2.21. The first kappa shape index (κ1) is 14.9. The summed E-state index contributed by atoms with van der Waals surface area (Å²) in [4.78, 5) is 26.8. The maximum absolute atomic E-state index is 13.2. The highest BCUT2D eigenvalue weighted by atomic mass is 35.5. The number of carbonyl (C=O) groups is 2. The number of benzene rings is 1. The maximum Gasteiger partial charge on any atom is 0.336 e. The molecule has 0 unspecified atom stereocenters. The summed E-state index contributed by atoms with van der Waals surface area (Å²) in [5.74, 6) is -5.25. The van der Waals surface area contributed by atoms with Crippen LogP contribution in [-0.2, 0) is 0 Å². The number of rotatable bonds is 3. The number of halogens is 3. The van der Waals surface area contributed by atoms with Crippen molar-refractivity contribution in [2.45, 2.75) is 0 Å². The Bertz CT molecular complexity index is 737. The van der Waals surface area contributed by atoms with Gasteiger partial charge in [0.15, 0.2) is 17.5 Å². The van der Waals surface area contributed by atoms with E-state index in [0.717, 1.165) is 0 Å². The van der Waals surface area contributed by atoms with Crippen molar-refractivity contribution in [1.29, 1.82) is 0 Å². The maximum atomic E-state index is 13.2. The Morgan fingerprint density at radius 2 is 1.81 bits per heavy atom. The van der Waals surface area contributed by atoms with Gasteiger partial charge < -0.3 is 10.4 Å². The molecule has 0 saturated carbocycles. The molecule has 2 aromatic rings. The summed E-state index contributed by atoms with van der Waals surface area (Å²) in [5, 5.41) is 11.3. The number of carboxylic acid groups (broad SMARTS) is 1. The average molecular weight is 313 g/mol. The number of pyridine rings is 1. The number of hydrogen-bond donors (Lipinski definition) is 2. The number of nitrogens with one attached hydrogen (secondary N) is 1. The molecule has 0 fully saturated rings. The molecule has 0 bridgehead atoms. The quantitative estimate of drug-likeness (QED) is 0.913. The van der Waals surface area contributed by atoms with E-state index in [9.17, 15) is 18.4 Å². The molecule has 1 aromatic carbocycles. The van der Waals surface area contributed by atoms with Gasteiger partial charge in [-0.05, 0) is 24.3 Å². The molecule has 0 aliphatic heterocycles. The van der Waals surface area contributed by atoms with Crippen LogP contribution >= 0.6 is 11.6 Å². The number of amides is 1. The fourth-order valence-electron chi connectivity index (χ4n) is 1.56. The van der Waals surface area contributed by atoms with Crippen molar-refractivity contribution >= 4 is 29.3 Å². The highest BCUT2D eigenvalue weighted by molar-refractivity contribution is 6.33. The molecule has 0 spiro atoms. The van der Waals surface area contributed by atoms with Crippen LogP contribution in [0.3, 0.4) is 0 Å². The van der Waals surface area contributed by atoms with Gasteiger partial charge in [-0.2, -0.15) is 0 Å². The van der Waals surface area contributed by atoms with Crippen molar-refractivity contribution < 1.29 is 23.5 Å². The monoisotopic (exact) mass is 312 g/mol. The number of hydrogen-bond acceptors (Lipinski definition) is 3. The molecule has 1 aromatic heterocycles. The van der Waals surface area contributed by atoms with Gasteiger partial charge in [-0.25, -0.2) is 18.6 Å². The third-order valence-corrected chi connectivity index (χ3v) is 2.83. The molecule has 0 atom stereocenters. The van der Waals surface area contributed by atoms with Crippen LogP contribution in [0, 0.1) is 11.6 Å². The highest BCUT2D eigenvalue weighted by Crippen LogP contribution is 2.20. The molecule has 5 nitrogen and oxygen atoms in total. The predicted molar refractivity (Wildman–Crippen MR) is 70.5 cm³/mol. The minimum atomic E-state index is -1.56. The smallest absolute Gasteiger partial charge is 0.336 e. The predicted octanol–water partition coefficient (Wildman–Crippen LogP) is 2.96. The van der Waals surface area contributed by atoms with Crippen molar-refractivity contribution in [2.75, 3.05) is 5.32 Å². The lowest BCUT2D eigenvalue weighted by Crippen LogP contribution is -2.18. The standard InChI is InChI=1S/C13H7ClF2N2O3/c14-8-2-1-3-17-11(8)18-12(19)6-4-9(15)10(16)5-7(6)13(20)21/h1-5H,(H,20,21)(H,17,18,19). The number of carboxylic acids is 1. The van der Waals surface area contributed by atoms with Crippen LogP contribution in [0.4, 0.5) is 14.6 Å². The lowest BCUT2D eigenvalue weighted by molar-refractivity contribution is 0.0691. The SMILES string of the molecule is O=C(O)c1cc(F)c(F)cc1C(=O)Nc1ncccc1Cl. The second-order valence-electron chi connectivity index (χ2n) is 3.91. The van der Waals surface area contributed by atoms with Gasteiger partial charge in [0.2, 0.25) is 0 Å². The van der Waals surface area contributed by atoms with Crippen LogP contribution in [0.5, 0.6) is 0 Å². The minimum absolute atomic E-state index is 0.0229. The van der Waals surface area contributed by atoms with E-state index in [0.29, 0.717) is 12.1 Å². The van der Waals surface area contributed by atoms with E-state index in [4.69, 9.17) is 16.7 Å². The normalized spacial score (nSPS) is 10.2. The largest absolute Gasteiger partial charge is 0.478 e. The second-order valence-corrected chi connectivity index (χ2v) is 4.31. The van der Waals surface area contributed by atoms with Gasteiger partial charge in [0, 0.05) is 6.20 Å². The zero-order chi connectivity index (χ0) is 15.6. The summed E-state index contributed by atoms with van der Waals surface area (Å²) in [6.07, 6.45) is 1.35. The van der Waals surface area contributed by atoms with Gasteiger partial charge in [0.25, 0.3) is 5.91 Å². The fraction of sp³-hybridized carbons (Fsp3) is 0. The number of anilines is 1. The molecule has 0 radical (unpaired) electrons. The Morgan fingerprint density at radius 1 is 1.19 bits per heavy atom. The van der Waals surface area contributed by atoms with E-state index in [1.807, 2.05) is 0 Å². The summed E-state index contributed by atoms with van der Waals surface area (Å²) in [5.41, 5.74) is -1.21. The van der Waals surface area contributed by atoms with E-state index in [2.05, 4.69) is 10.3 Å². The van der Waals surface area contributed by atoms with Crippen molar-refractivity contribution in [1.82, 2.24) is 4.98 Å². The van der Waals surface area contributed by atoms with Crippen LogP contribution in [0.2, 0.25) is 5.02 Å². The molecule has 108 valence electrons. The van der Waals surface area contributed by atoms with Crippen molar-refractivity contribution in [3.05, 3.63) is 58.2 Å². The molecule has 0 aliphatic rings. The van der Waals surface area contributed by atoms with Gasteiger partial charge in [0.05, 0.1) is 16.1 Å². The summed E-state index contributed by atoms with van der Waals surface area (Å²) in [6, 6.07) is 3.92. The second kappa shape index (κ2) is 5.84. The molecule has 8 heteroatoms. The Kier molecular flexibility index (Phi) is 4.13. The Hall–Kier alpha value is -2.54. The van der Waals surface area contributed by atoms with Crippen LogP contribution in [0.15, 0.2) is 30.5 Å². The average Bonchev–Trinajstić information content (AvgIpc) is 2.43. The van der Waals surface area contributed by atoms with Crippen molar-refractivity contribution in [3.63, 3.8) is 0 Å². The Balaban J connectivity index is 2.42. The summed E-state index contributed by atoms with van der Waals surface area (Å²) in [6.45, 7) is 0. The minimum Gasteiger partial charge on any atom is -0.478 e. The first-order chi connectivity index (χ1) is 9.90. The first-order valence-corrected chi connectivity index (χ1v) is 5.92. The molecular weight excluding hydrogens is 306 g/mol. The molecule has 2 rings (SSSR count). The molecule has 21 heavy (non-hydrogen) atoms. The molecule has 0 aliphatic carbocycles. The molecule has 1 amide bonds. The third-order valence-electron chi connectivity index (χ3n) is 2.53. The number of aromatic carboxylic acids is 1. The van der Waals surface area contributed by atoms with Gasteiger partial charge in [-0.3, -0.25) is 4.79 Å². The first-order valence-electron chi connectivity index (χ1n) is 5.54. The topological polar surface area (TPSA) is 79.3 Å². The summed E-state index contributed by atoms with van der Waals surface area (Å²) < 4.78 is 26.3. The number of nitrogens with zero attached hydrogens (tertiary/aromatic N) is 1. The van der Waals surface area contributed by atoms with Gasteiger partial charge in [-0.1, -0.05) is 11.6 Å². The van der Waals surface area contributed by atoms with Gasteiger partial charge in [0.1, 0.15) is 0 Å². The van der Waals surface area contributed by atoms with Gasteiger partial charge >= 0.3 is 5.97 Å². The van der Waals surface area contributed by atoms with Crippen LogP contribution < -0.4 is 5.32 Å². The Labute approximate surface area is 122 Å². The molecule has 1 heterocycles. The van der Waals surface area contributed by atoms with Crippen LogP contribution in [-0.4, -0.2) is 22.0 Å². The third kappa shape index (κ3) is 3.14. The van der Waals surface area contributed by atoms with Crippen molar-refractivity contribution in [2.24, 2.45) is 0 Å². The van der Waals surface area contributed by atoms with Crippen LogP contribution in [0.25, 0.3) is 0 Å². The molecule has 2 N–H and O–H groups in total. The molecular formula is C13H7ClF2N2O3. The zero-order valence-electron chi connectivity index (χ0n) is 10.2. The number of aromatic nitrogens is 1. The van der Waals surface area contributed by atoms with E-state index >= 15 is 0 Å². The lowest BCUT2D eigenvalue weighted by atomic mass is 10.1. The van der Waals surface area contributed by atoms with E-state index < -0.39 is 34.6 Å². The fourth-order valence-corrected chi connectivity index (χ4v) is 1.73. The Morgan fingerprint density at radius 3 is 2.38 bits per heavy atom. The summed E-state index contributed by atoms with van der Waals surface area (Å²) >= 11 is 5.79. The zero-order valence-corrected chi connectivity index (χ0v) is 11.0. The van der Waals surface area contributed by atoms with E-state index in [1.54, 1.807) is 0 Å². The summed E-state index contributed by atoms with van der Waals surface area (Å²) in [7, 11) is 0. The van der Waals surface area contributed by atoms with Crippen molar-refractivity contribution in [3.8, 4) is 0 Å². The van der Waals surface area contributed by atoms with E-state index in [1.165, 1.54) is 18.3 Å². The van der Waals surface area contributed by atoms with E-state index in [-0.39, 0.29) is 10.8 Å². The molecule has 0 saturated heterocycles. The van der Waals surface area contributed by atoms with Crippen LogP contribution in [0.1, 0.15) is 20.7 Å². The number of carbonyl (C=O) groups excluding carboxylic acids is 1.